The fraction of sp³-hybridized carbons (Fsp3) is 0.625. The molecule has 0 amide bonds. The summed E-state index contributed by atoms with van der Waals surface area (Å²) in [6, 6.07) is 8.13. The van der Waals surface area contributed by atoms with Gasteiger partial charge < -0.3 is 28.4 Å². The molecule has 0 unspecified atom stereocenters. The lowest BCUT2D eigenvalue weighted by atomic mass is 10.0. The van der Waals surface area contributed by atoms with Crippen molar-refractivity contribution < 1.29 is 38.0 Å². The van der Waals surface area contributed by atoms with Crippen LogP contribution < -0.4 is 0 Å². The van der Waals surface area contributed by atoms with Gasteiger partial charge in [-0.3, -0.25) is 0 Å². The van der Waals surface area contributed by atoms with Gasteiger partial charge in [0.15, 0.2) is 12.6 Å². The van der Waals surface area contributed by atoms with Gasteiger partial charge in [0, 0.05) is 35.1 Å². The molecule has 3 rings (SSSR count). The van der Waals surface area contributed by atoms with Gasteiger partial charge in [-0.25, -0.2) is 9.59 Å². The zero-order chi connectivity index (χ0) is 28.4. The Balaban J connectivity index is 1.23. The van der Waals surface area contributed by atoms with Crippen molar-refractivity contribution >= 4 is 11.9 Å². The molecule has 0 aromatic heterocycles. The molecule has 2 heterocycles. The van der Waals surface area contributed by atoms with E-state index in [-0.39, 0.29) is 24.5 Å². The molecular formula is C32H46O8. The van der Waals surface area contributed by atoms with Gasteiger partial charge in [-0.05, 0) is 25.7 Å². The Labute approximate surface area is 239 Å². The highest BCUT2D eigenvalue weighted by molar-refractivity contribution is 5.81. The van der Waals surface area contributed by atoms with E-state index in [1.807, 2.05) is 24.3 Å². The first-order valence-electron chi connectivity index (χ1n) is 14.7. The zero-order valence-electron chi connectivity index (χ0n) is 23.8. The van der Waals surface area contributed by atoms with E-state index in [1.54, 1.807) is 0 Å². The molecule has 1 aromatic carbocycles. The second kappa shape index (κ2) is 18.8. The van der Waals surface area contributed by atoms with Gasteiger partial charge in [-0.15, -0.1) is 0 Å². The van der Waals surface area contributed by atoms with Gasteiger partial charge in [0.25, 0.3) is 0 Å². The third-order valence-corrected chi connectivity index (χ3v) is 7.25. The summed E-state index contributed by atoms with van der Waals surface area (Å²) >= 11 is 0. The summed E-state index contributed by atoms with van der Waals surface area (Å²) in [4.78, 5) is 22.0. The Kier molecular flexibility index (Phi) is 15.0. The zero-order valence-corrected chi connectivity index (χ0v) is 23.8. The minimum atomic E-state index is -0.354. The summed E-state index contributed by atoms with van der Waals surface area (Å²) < 4.78 is 34.1. The van der Waals surface area contributed by atoms with E-state index in [0.29, 0.717) is 51.5 Å². The van der Waals surface area contributed by atoms with Crippen molar-refractivity contribution in [2.24, 2.45) is 11.8 Å². The van der Waals surface area contributed by atoms with Crippen LogP contribution in [0.1, 0.15) is 87.9 Å². The van der Waals surface area contributed by atoms with Gasteiger partial charge >= 0.3 is 11.9 Å². The molecule has 2 fully saturated rings. The molecule has 0 spiro atoms. The second-order valence-electron chi connectivity index (χ2n) is 10.5. The van der Waals surface area contributed by atoms with Crippen LogP contribution in [0.25, 0.3) is 0 Å². The van der Waals surface area contributed by atoms with Crippen LogP contribution in [0.3, 0.4) is 0 Å². The maximum absolute atomic E-state index is 11.0. The van der Waals surface area contributed by atoms with Gasteiger partial charge in [-0.2, -0.15) is 0 Å². The van der Waals surface area contributed by atoms with Crippen molar-refractivity contribution in [1.29, 1.82) is 0 Å². The second-order valence-corrected chi connectivity index (χ2v) is 10.5. The Morgan fingerprint density at radius 3 is 1.32 bits per heavy atom. The Hall–Kier alpha value is -2.52. The third kappa shape index (κ3) is 11.9. The van der Waals surface area contributed by atoms with E-state index >= 15 is 0 Å². The smallest absolute Gasteiger partial charge is 0.330 e. The van der Waals surface area contributed by atoms with Crippen LogP contribution in [0.15, 0.2) is 49.6 Å². The van der Waals surface area contributed by atoms with Gasteiger partial charge in [-0.1, -0.05) is 75.9 Å². The number of esters is 2. The molecule has 1 aromatic rings. The fourth-order valence-electron chi connectivity index (χ4n) is 4.86. The van der Waals surface area contributed by atoms with E-state index in [2.05, 4.69) is 13.2 Å². The number of carbonyl (C=O) groups excluding carboxylic acids is 2. The highest BCUT2D eigenvalue weighted by Gasteiger charge is 2.26. The average molecular weight is 559 g/mol. The predicted molar refractivity (Wildman–Crippen MR) is 151 cm³/mol. The average Bonchev–Trinajstić information content (AvgIpc) is 3.00. The van der Waals surface area contributed by atoms with E-state index in [0.717, 1.165) is 75.3 Å². The molecule has 0 atom stereocenters. The highest BCUT2D eigenvalue weighted by atomic mass is 16.7. The largest absolute Gasteiger partial charge is 0.463 e. The van der Waals surface area contributed by atoms with Crippen LogP contribution in [-0.2, 0) is 38.0 Å². The molecule has 2 aliphatic rings. The lowest BCUT2D eigenvalue weighted by Gasteiger charge is -2.31. The first kappa shape index (κ1) is 32.0. The van der Waals surface area contributed by atoms with Gasteiger partial charge in [0.1, 0.15) is 0 Å². The summed E-state index contributed by atoms with van der Waals surface area (Å²) in [6.07, 6.45) is 12.2. The molecule has 0 radical (unpaired) electrons. The van der Waals surface area contributed by atoms with Gasteiger partial charge in [0.2, 0.25) is 0 Å². The fourth-order valence-corrected chi connectivity index (χ4v) is 4.86. The molecule has 8 nitrogen and oxygen atoms in total. The molecule has 2 aliphatic heterocycles. The standard InChI is InChI=1S/C32H46O8/c1-3-29(33)35-19-11-7-5-9-13-25-21-37-31(38-22-25)27-15-17-28(18-16-27)32-39-23-26(24-40-32)14-10-6-8-12-20-36-30(34)4-2/h3-4,15-18,25-26,31-32H,1-2,5-14,19-24H2. The van der Waals surface area contributed by atoms with E-state index in [9.17, 15) is 9.59 Å². The van der Waals surface area contributed by atoms with Crippen LogP contribution in [-0.4, -0.2) is 51.6 Å². The monoisotopic (exact) mass is 558 g/mol. The molecule has 0 bridgehead atoms. The topological polar surface area (TPSA) is 89.5 Å². The van der Waals surface area contributed by atoms with Crippen molar-refractivity contribution in [2.75, 3.05) is 39.6 Å². The predicted octanol–water partition coefficient (Wildman–Crippen LogP) is 6.37. The quantitative estimate of drug-likeness (QED) is 0.117. The van der Waals surface area contributed by atoms with Crippen LogP contribution >= 0.6 is 0 Å². The number of unbranched alkanes of at least 4 members (excludes halogenated alkanes) is 6. The number of rotatable bonds is 18. The summed E-state index contributed by atoms with van der Waals surface area (Å²) in [7, 11) is 0. The summed E-state index contributed by atoms with van der Waals surface area (Å²) in [5.74, 6) is 0.112. The Bertz CT molecular complexity index is 810. The number of carbonyl (C=O) groups is 2. The lowest BCUT2D eigenvalue weighted by Crippen LogP contribution is -2.28. The molecule has 0 saturated carbocycles. The molecule has 222 valence electrons. The molecule has 40 heavy (non-hydrogen) atoms. The van der Waals surface area contributed by atoms with Crippen LogP contribution in [0.5, 0.6) is 0 Å². The first-order chi connectivity index (χ1) is 19.6. The van der Waals surface area contributed by atoms with Crippen molar-refractivity contribution in [3.05, 3.63) is 60.7 Å². The highest BCUT2D eigenvalue weighted by Crippen LogP contribution is 2.31. The molecule has 2 saturated heterocycles. The van der Waals surface area contributed by atoms with Crippen molar-refractivity contribution in [2.45, 2.75) is 76.8 Å². The Morgan fingerprint density at radius 2 is 0.975 bits per heavy atom. The lowest BCUT2D eigenvalue weighted by molar-refractivity contribution is -0.207. The van der Waals surface area contributed by atoms with Crippen LogP contribution in [0, 0.1) is 11.8 Å². The Morgan fingerprint density at radius 1 is 0.625 bits per heavy atom. The minimum absolute atomic E-state index is 0.337. The van der Waals surface area contributed by atoms with E-state index in [4.69, 9.17) is 28.4 Å². The normalized spacial score (nSPS) is 22.8. The first-order valence-corrected chi connectivity index (χ1v) is 14.7. The summed E-state index contributed by atoms with van der Waals surface area (Å²) in [6.45, 7) is 10.5. The van der Waals surface area contributed by atoms with Gasteiger partial charge in [0.05, 0.1) is 39.6 Å². The SMILES string of the molecule is C=CC(=O)OCCCCCCC1COC(c2ccc(C3OCC(CCCCCCOC(=O)C=C)CO3)cc2)OC1. The third-order valence-electron chi connectivity index (χ3n) is 7.25. The number of ether oxygens (including phenoxy) is 6. The van der Waals surface area contributed by atoms with Crippen molar-refractivity contribution in [3.63, 3.8) is 0 Å². The summed E-state index contributed by atoms with van der Waals surface area (Å²) in [5, 5.41) is 0. The minimum Gasteiger partial charge on any atom is -0.463 e. The molecule has 8 heteroatoms. The van der Waals surface area contributed by atoms with Crippen molar-refractivity contribution in [1.82, 2.24) is 0 Å². The van der Waals surface area contributed by atoms with Crippen LogP contribution in [0.2, 0.25) is 0 Å². The summed E-state index contributed by atoms with van der Waals surface area (Å²) in [5.41, 5.74) is 2.01. The number of benzene rings is 1. The number of hydrogen-bond donors (Lipinski definition) is 0. The molecule has 0 aliphatic carbocycles. The van der Waals surface area contributed by atoms with E-state index < -0.39 is 0 Å². The van der Waals surface area contributed by atoms with Crippen molar-refractivity contribution in [3.8, 4) is 0 Å². The van der Waals surface area contributed by atoms with Crippen LogP contribution in [0.4, 0.5) is 0 Å². The number of hydrogen-bond acceptors (Lipinski definition) is 8. The molecular weight excluding hydrogens is 512 g/mol. The maximum atomic E-state index is 11.0. The molecule has 0 N–H and O–H groups in total. The van der Waals surface area contributed by atoms with E-state index in [1.165, 1.54) is 12.2 Å². The maximum Gasteiger partial charge on any atom is 0.330 e.